The average Bonchev–Trinajstić information content (AvgIpc) is 3.62. The van der Waals surface area contributed by atoms with Crippen molar-refractivity contribution in [2.75, 3.05) is 44.7 Å². The monoisotopic (exact) mass is 536 g/mol. The summed E-state index contributed by atoms with van der Waals surface area (Å²) in [6.45, 7) is 3.95. The molecule has 39 heavy (non-hydrogen) atoms. The number of pyridine rings is 1. The fourth-order valence-corrected chi connectivity index (χ4v) is 5.42. The summed E-state index contributed by atoms with van der Waals surface area (Å²) in [4.78, 5) is 47.2. The Balaban J connectivity index is 1.23. The molecule has 6 rings (SSSR count). The van der Waals surface area contributed by atoms with Crippen LogP contribution in [-0.4, -0.2) is 79.0 Å². The minimum Gasteiger partial charge on any atom is -0.494 e. The molecule has 2 aromatic heterocycles. The van der Waals surface area contributed by atoms with Crippen molar-refractivity contribution in [1.82, 2.24) is 25.4 Å². The number of urea groups is 1. The average molecular weight is 537 g/mol. The van der Waals surface area contributed by atoms with Gasteiger partial charge < -0.3 is 24.3 Å². The smallest absolute Gasteiger partial charge is 0.321 e. The van der Waals surface area contributed by atoms with Crippen LogP contribution in [0, 0.1) is 5.82 Å². The van der Waals surface area contributed by atoms with Gasteiger partial charge in [0.15, 0.2) is 17.1 Å². The Kier molecular flexibility index (Phi) is 6.55. The van der Waals surface area contributed by atoms with Gasteiger partial charge in [0.05, 0.1) is 12.7 Å². The Morgan fingerprint density at radius 1 is 1.23 bits per heavy atom. The molecule has 3 aliphatic rings. The van der Waals surface area contributed by atoms with Crippen LogP contribution in [-0.2, 0) is 11.3 Å². The molecule has 1 aliphatic carbocycles. The van der Waals surface area contributed by atoms with Gasteiger partial charge in [0, 0.05) is 51.4 Å². The number of aromatic nitrogens is 1. The number of carbonyl (C=O) groups excluding carboxylic acids is 3. The molecule has 11 nitrogen and oxygen atoms in total. The summed E-state index contributed by atoms with van der Waals surface area (Å²) in [5.74, 6) is -0.0498. The molecular formula is C27H29FN6O5. The highest BCUT2D eigenvalue weighted by molar-refractivity contribution is 5.99. The molecule has 2 N–H and O–H groups in total. The number of ether oxygens (including phenoxy) is 1. The SMILES string of the molecule is COc1ccc2c(c1F)C(=O)N(C[C@H](NC(=O)NC=O)c1cc3nc(N4CCN(C5CC5)CC4)ccc3o1)C2. The number of fused-ring (bicyclic) bond motifs is 2. The van der Waals surface area contributed by atoms with E-state index in [-0.39, 0.29) is 30.8 Å². The molecule has 1 aromatic carbocycles. The van der Waals surface area contributed by atoms with Crippen LogP contribution in [0.4, 0.5) is 15.0 Å². The first-order valence-electron chi connectivity index (χ1n) is 13.0. The van der Waals surface area contributed by atoms with Crippen molar-refractivity contribution >= 4 is 35.3 Å². The normalized spacial score (nSPS) is 18.3. The predicted octanol–water partition coefficient (Wildman–Crippen LogP) is 2.41. The van der Waals surface area contributed by atoms with E-state index >= 15 is 0 Å². The molecule has 4 heterocycles. The number of imide groups is 1. The molecule has 2 fully saturated rings. The molecule has 1 atom stereocenters. The van der Waals surface area contributed by atoms with Crippen molar-refractivity contribution < 1.29 is 27.9 Å². The number of piperazine rings is 1. The van der Waals surface area contributed by atoms with E-state index in [1.54, 1.807) is 12.1 Å². The van der Waals surface area contributed by atoms with Gasteiger partial charge in [0.25, 0.3) is 5.91 Å². The fourth-order valence-electron chi connectivity index (χ4n) is 5.42. The van der Waals surface area contributed by atoms with Crippen molar-refractivity contribution in [2.45, 2.75) is 31.5 Å². The molecule has 0 spiro atoms. The van der Waals surface area contributed by atoms with Gasteiger partial charge in [-0.15, -0.1) is 0 Å². The Bertz CT molecular complexity index is 1430. The largest absolute Gasteiger partial charge is 0.494 e. The van der Waals surface area contributed by atoms with Gasteiger partial charge in [0.2, 0.25) is 6.41 Å². The number of hydrogen-bond acceptors (Lipinski definition) is 8. The van der Waals surface area contributed by atoms with Gasteiger partial charge in [-0.25, -0.2) is 14.2 Å². The third-order valence-electron chi connectivity index (χ3n) is 7.60. The zero-order chi connectivity index (χ0) is 27.1. The van der Waals surface area contributed by atoms with Crippen molar-refractivity contribution in [2.24, 2.45) is 0 Å². The maximum atomic E-state index is 14.8. The lowest BCUT2D eigenvalue weighted by atomic mass is 10.1. The number of nitrogens with one attached hydrogen (secondary N) is 2. The van der Waals surface area contributed by atoms with Crippen LogP contribution >= 0.6 is 0 Å². The van der Waals surface area contributed by atoms with Crippen LogP contribution in [0.2, 0.25) is 0 Å². The summed E-state index contributed by atoms with van der Waals surface area (Å²) in [6.07, 6.45) is 2.85. The van der Waals surface area contributed by atoms with Gasteiger partial charge in [-0.1, -0.05) is 6.07 Å². The Labute approximate surface area is 223 Å². The molecule has 0 radical (unpaired) electrons. The molecule has 12 heteroatoms. The second-order valence-corrected chi connectivity index (χ2v) is 10.0. The highest BCUT2D eigenvalue weighted by Crippen LogP contribution is 2.33. The first-order chi connectivity index (χ1) is 18.9. The number of anilines is 1. The van der Waals surface area contributed by atoms with E-state index in [9.17, 15) is 18.8 Å². The van der Waals surface area contributed by atoms with Crippen molar-refractivity contribution in [3.05, 3.63) is 53.0 Å². The highest BCUT2D eigenvalue weighted by Gasteiger charge is 2.35. The van der Waals surface area contributed by atoms with Gasteiger partial charge >= 0.3 is 6.03 Å². The van der Waals surface area contributed by atoms with E-state index in [1.165, 1.54) is 30.9 Å². The third kappa shape index (κ3) is 4.87. The number of methoxy groups -OCH3 is 1. The Hall–Kier alpha value is -4.19. The minimum atomic E-state index is -0.826. The van der Waals surface area contributed by atoms with E-state index in [0.29, 0.717) is 22.4 Å². The zero-order valence-electron chi connectivity index (χ0n) is 21.5. The Morgan fingerprint density at radius 3 is 2.74 bits per heavy atom. The first kappa shape index (κ1) is 25.1. The second-order valence-electron chi connectivity index (χ2n) is 10.0. The summed E-state index contributed by atoms with van der Waals surface area (Å²) >= 11 is 0. The van der Waals surface area contributed by atoms with Crippen molar-refractivity contribution in [1.29, 1.82) is 0 Å². The number of hydrogen-bond donors (Lipinski definition) is 2. The van der Waals surface area contributed by atoms with Crippen LogP contribution in [0.25, 0.3) is 11.1 Å². The van der Waals surface area contributed by atoms with E-state index < -0.39 is 23.8 Å². The van der Waals surface area contributed by atoms with Crippen LogP contribution in [0.1, 0.15) is 40.6 Å². The molecule has 0 bridgehead atoms. The number of rotatable bonds is 8. The second kappa shape index (κ2) is 10.2. The lowest BCUT2D eigenvalue weighted by Gasteiger charge is -2.35. The number of amides is 4. The van der Waals surface area contributed by atoms with E-state index in [2.05, 4.69) is 15.1 Å². The van der Waals surface area contributed by atoms with Gasteiger partial charge in [-0.3, -0.25) is 19.8 Å². The summed E-state index contributed by atoms with van der Waals surface area (Å²) in [5.41, 5.74) is 1.61. The zero-order valence-corrected chi connectivity index (χ0v) is 21.5. The summed E-state index contributed by atoms with van der Waals surface area (Å²) in [7, 11) is 1.34. The summed E-state index contributed by atoms with van der Waals surface area (Å²) in [6, 6.07) is 7.77. The number of benzene rings is 1. The molecule has 2 aliphatic heterocycles. The molecule has 1 saturated heterocycles. The van der Waals surface area contributed by atoms with Crippen LogP contribution in [0.5, 0.6) is 5.75 Å². The highest BCUT2D eigenvalue weighted by atomic mass is 19.1. The van der Waals surface area contributed by atoms with E-state index in [1.807, 2.05) is 17.4 Å². The standard InChI is InChI=1S/C27H29FN6O5/c1-38-21-5-2-16-13-34(26(36)24(16)25(21)28)14-19(31-27(37)29-15-35)22-12-18-20(39-22)6-7-23(30-18)33-10-8-32(9-11-33)17-3-4-17/h2,5-7,12,15,17,19H,3-4,8-11,13-14H2,1H3,(H2,29,31,35,37)/t19-/m0/s1. The fraction of sp³-hybridized carbons (Fsp3) is 0.407. The molecule has 3 aromatic rings. The summed E-state index contributed by atoms with van der Waals surface area (Å²) in [5, 5.41) is 4.72. The van der Waals surface area contributed by atoms with Gasteiger partial charge in [0.1, 0.15) is 23.1 Å². The number of halogens is 1. The van der Waals surface area contributed by atoms with Crippen LogP contribution < -0.4 is 20.3 Å². The topological polar surface area (TPSA) is 120 Å². The van der Waals surface area contributed by atoms with Gasteiger partial charge in [-0.05, 0) is 36.6 Å². The maximum absolute atomic E-state index is 14.8. The number of furan rings is 1. The Morgan fingerprint density at radius 2 is 2.03 bits per heavy atom. The lowest BCUT2D eigenvalue weighted by molar-refractivity contribution is -0.108. The van der Waals surface area contributed by atoms with Gasteiger partial charge in [-0.2, -0.15) is 0 Å². The summed E-state index contributed by atoms with van der Waals surface area (Å²) < 4.78 is 25.9. The number of carbonyl (C=O) groups is 3. The van der Waals surface area contributed by atoms with E-state index in [0.717, 1.165) is 38.0 Å². The number of nitrogens with zero attached hydrogens (tertiary/aromatic N) is 4. The van der Waals surface area contributed by atoms with E-state index in [4.69, 9.17) is 14.1 Å². The molecule has 204 valence electrons. The van der Waals surface area contributed by atoms with Crippen LogP contribution in [0.3, 0.4) is 0 Å². The molecular weight excluding hydrogens is 507 g/mol. The van der Waals surface area contributed by atoms with Crippen molar-refractivity contribution in [3.63, 3.8) is 0 Å². The molecule has 4 amide bonds. The van der Waals surface area contributed by atoms with Crippen molar-refractivity contribution in [3.8, 4) is 5.75 Å². The molecule has 0 unspecified atom stereocenters. The third-order valence-corrected chi connectivity index (χ3v) is 7.60. The predicted molar refractivity (Wildman–Crippen MR) is 139 cm³/mol. The first-order valence-corrected chi connectivity index (χ1v) is 13.0. The van der Waals surface area contributed by atoms with Crippen LogP contribution in [0.15, 0.2) is 34.7 Å². The minimum absolute atomic E-state index is 0.0165. The molecule has 1 saturated carbocycles. The maximum Gasteiger partial charge on any atom is 0.321 e. The lowest BCUT2D eigenvalue weighted by Crippen LogP contribution is -2.47. The quantitative estimate of drug-likeness (QED) is 0.421.